The van der Waals surface area contributed by atoms with Crippen LogP contribution in [0.5, 0.6) is 0 Å². The second kappa shape index (κ2) is 4.32. The molecule has 0 amide bonds. The third-order valence-corrected chi connectivity index (χ3v) is 4.97. The molecular weight excluding hydrogens is 200 g/mol. The summed E-state index contributed by atoms with van der Waals surface area (Å²) in [5.41, 5.74) is 2.14. The Bertz CT molecular complexity index is 262. The molecule has 15 heavy (non-hydrogen) atoms. The molecule has 1 nitrogen and oxygen atoms in total. The molecule has 2 heteroatoms. The molecule has 0 heterocycles. The lowest BCUT2D eigenvalue weighted by molar-refractivity contribution is 0.136. The van der Waals surface area contributed by atoms with Crippen LogP contribution in [0.1, 0.15) is 60.3 Å². The smallest absolute Gasteiger partial charge is 0.203 e. The van der Waals surface area contributed by atoms with Crippen molar-refractivity contribution >= 4 is 10.5 Å². The molecule has 0 saturated carbocycles. The van der Waals surface area contributed by atoms with E-state index in [0.29, 0.717) is 10.8 Å². The van der Waals surface area contributed by atoms with Gasteiger partial charge in [0, 0.05) is 6.42 Å². The van der Waals surface area contributed by atoms with Crippen LogP contribution in [0.4, 0.5) is 0 Å². The lowest BCUT2D eigenvalue weighted by Gasteiger charge is -2.43. The van der Waals surface area contributed by atoms with E-state index in [-0.39, 0.29) is 0 Å². The van der Waals surface area contributed by atoms with Crippen molar-refractivity contribution in [1.82, 2.24) is 0 Å². The zero-order valence-electron chi connectivity index (χ0n) is 11.2. The number of hydrogen-bond donors (Lipinski definition) is 0. The van der Waals surface area contributed by atoms with Gasteiger partial charge in [0.25, 0.3) is 0 Å². The largest absolute Gasteiger partial charge is 0.556 e. The normalized spacial score (nSPS) is 29.1. The molecule has 0 aromatic heterocycles. The fraction of sp³-hybridized carbons (Fsp3) is 0.846. The van der Waals surface area contributed by atoms with Crippen LogP contribution in [-0.2, 0) is 4.43 Å². The van der Waals surface area contributed by atoms with Gasteiger partial charge in [-0.1, -0.05) is 34.1 Å². The minimum atomic E-state index is 0.309. The molecule has 88 valence electrons. The van der Waals surface area contributed by atoms with E-state index < -0.39 is 0 Å². The highest BCUT2D eigenvalue weighted by atomic mass is 28.2. The summed E-state index contributed by atoms with van der Waals surface area (Å²) in [6.07, 6.45) is 5.08. The molecular formula is C13H26OSi. The van der Waals surface area contributed by atoms with Crippen molar-refractivity contribution in [2.75, 3.05) is 0 Å². The fourth-order valence-electron chi connectivity index (χ4n) is 2.64. The quantitative estimate of drug-likeness (QED) is 0.624. The van der Waals surface area contributed by atoms with Crippen molar-refractivity contribution in [2.45, 2.75) is 60.3 Å². The van der Waals surface area contributed by atoms with E-state index in [0.717, 1.165) is 16.9 Å². The molecule has 1 aliphatic carbocycles. The molecule has 1 aliphatic rings. The summed E-state index contributed by atoms with van der Waals surface area (Å²) in [6.45, 7) is 11.8. The van der Waals surface area contributed by atoms with Gasteiger partial charge in [0.05, 0.1) is 5.76 Å². The van der Waals surface area contributed by atoms with Gasteiger partial charge in [-0.05, 0) is 36.2 Å². The van der Waals surface area contributed by atoms with Gasteiger partial charge in [0.15, 0.2) is 0 Å². The summed E-state index contributed by atoms with van der Waals surface area (Å²) >= 11 is 0. The Hall–Kier alpha value is -0.243. The fourth-order valence-corrected chi connectivity index (χ4v) is 3.15. The van der Waals surface area contributed by atoms with Gasteiger partial charge in [-0.15, -0.1) is 0 Å². The number of hydrogen-bond acceptors (Lipinski definition) is 1. The zero-order valence-corrected chi connectivity index (χ0v) is 13.2. The van der Waals surface area contributed by atoms with E-state index in [2.05, 4.69) is 34.6 Å². The van der Waals surface area contributed by atoms with Crippen LogP contribution in [0.2, 0.25) is 0 Å². The van der Waals surface area contributed by atoms with Crippen LogP contribution >= 0.6 is 0 Å². The van der Waals surface area contributed by atoms with Crippen LogP contribution in [0.3, 0.4) is 0 Å². The summed E-state index contributed by atoms with van der Waals surface area (Å²) < 4.78 is 5.69. The number of rotatable bonds is 1. The highest BCUT2D eigenvalue weighted by molar-refractivity contribution is 5.98. The van der Waals surface area contributed by atoms with Crippen molar-refractivity contribution in [2.24, 2.45) is 10.8 Å². The molecule has 0 bridgehead atoms. The molecule has 0 aromatic carbocycles. The summed E-state index contributed by atoms with van der Waals surface area (Å²) in [7, 11) is 0.825. The molecule has 0 N–H and O–H groups in total. The molecule has 0 fully saturated rings. The predicted octanol–water partition coefficient (Wildman–Crippen LogP) is 3.18. The Labute approximate surface area is 97.8 Å². The van der Waals surface area contributed by atoms with E-state index in [1.165, 1.54) is 30.6 Å². The van der Waals surface area contributed by atoms with E-state index in [1.54, 1.807) is 0 Å². The van der Waals surface area contributed by atoms with Gasteiger partial charge >= 0.3 is 0 Å². The first-order valence-electron chi connectivity index (χ1n) is 6.07. The second-order valence-corrected chi connectivity index (χ2v) is 6.45. The zero-order chi connectivity index (χ0) is 11.7. The maximum Gasteiger partial charge on any atom is 0.203 e. The van der Waals surface area contributed by atoms with Gasteiger partial charge in [0.2, 0.25) is 10.5 Å². The van der Waals surface area contributed by atoms with Crippen LogP contribution in [0.25, 0.3) is 0 Å². The van der Waals surface area contributed by atoms with Crippen LogP contribution in [0.15, 0.2) is 11.3 Å². The van der Waals surface area contributed by atoms with Gasteiger partial charge in [-0.2, -0.15) is 0 Å². The Morgan fingerprint density at radius 2 is 1.87 bits per heavy atom. The maximum atomic E-state index is 5.69. The molecule has 0 saturated heterocycles. The highest BCUT2D eigenvalue weighted by Crippen LogP contribution is 2.50. The third kappa shape index (κ3) is 2.30. The van der Waals surface area contributed by atoms with Crippen LogP contribution < -0.4 is 0 Å². The minimum absolute atomic E-state index is 0.309. The Morgan fingerprint density at radius 1 is 1.27 bits per heavy atom. The second-order valence-electron chi connectivity index (χ2n) is 6.04. The summed E-state index contributed by atoms with van der Waals surface area (Å²) in [4.78, 5) is 0. The van der Waals surface area contributed by atoms with E-state index in [1.807, 2.05) is 0 Å². The van der Waals surface area contributed by atoms with Crippen molar-refractivity contribution in [3.8, 4) is 0 Å². The summed E-state index contributed by atoms with van der Waals surface area (Å²) in [5.74, 6) is 1.29. The standard InChI is InChI=1S/C13H26OSi/c1-10-11(14-15)8-6-7-9-13(10,5)12(2,3)4/h6-9H2,1-5,15H3. The number of allylic oxidation sites excluding steroid dienone is 2. The monoisotopic (exact) mass is 226 g/mol. The molecule has 0 radical (unpaired) electrons. The summed E-state index contributed by atoms with van der Waals surface area (Å²) in [5, 5.41) is 0. The van der Waals surface area contributed by atoms with Gasteiger partial charge in [0.1, 0.15) is 0 Å². The average Bonchev–Trinajstić information content (AvgIpc) is 2.27. The molecule has 0 spiro atoms. The highest BCUT2D eigenvalue weighted by Gasteiger charge is 2.40. The Morgan fingerprint density at radius 3 is 2.33 bits per heavy atom. The van der Waals surface area contributed by atoms with E-state index >= 15 is 0 Å². The minimum Gasteiger partial charge on any atom is -0.556 e. The topological polar surface area (TPSA) is 9.23 Å². The van der Waals surface area contributed by atoms with Gasteiger partial charge in [-0.25, -0.2) is 0 Å². The van der Waals surface area contributed by atoms with Crippen LogP contribution in [0, 0.1) is 10.8 Å². The average molecular weight is 226 g/mol. The predicted molar refractivity (Wildman–Crippen MR) is 69.8 cm³/mol. The van der Waals surface area contributed by atoms with Crippen molar-refractivity contribution in [3.05, 3.63) is 11.3 Å². The maximum absolute atomic E-state index is 5.69. The Balaban J connectivity index is 3.15. The van der Waals surface area contributed by atoms with Crippen molar-refractivity contribution in [1.29, 1.82) is 0 Å². The summed E-state index contributed by atoms with van der Waals surface area (Å²) in [6, 6.07) is 0. The lowest BCUT2D eigenvalue weighted by atomic mass is 9.62. The van der Waals surface area contributed by atoms with Crippen molar-refractivity contribution < 1.29 is 4.43 Å². The third-order valence-electron chi connectivity index (χ3n) is 4.48. The molecule has 1 rings (SSSR count). The first-order valence-corrected chi connectivity index (χ1v) is 6.89. The first-order chi connectivity index (χ1) is 6.83. The van der Waals surface area contributed by atoms with Gasteiger partial charge in [-0.3, -0.25) is 0 Å². The molecule has 1 unspecified atom stereocenters. The Kier molecular flexibility index (Phi) is 3.70. The van der Waals surface area contributed by atoms with E-state index in [9.17, 15) is 0 Å². The van der Waals surface area contributed by atoms with Crippen molar-refractivity contribution in [3.63, 3.8) is 0 Å². The lowest BCUT2D eigenvalue weighted by Crippen LogP contribution is -2.34. The SMILES string of the molecule is CC1=C(O[SiH3])CCCCC1(C)C(C)(C)C. The molecule has 1 atom stereocenters. The van der Waals surface area contributed by atoms with Gasteiger partial charge < -0.3 is 4.43 Å². The molecule has 0 aromatic rings. The van der Waals surface area contributed by atoms with Crippen LogP contribution in [-0.4, -0.2) is 10.5 Å². The first kappa shape index (κ1) is 12.8. The molecule has 0 aliphatic heterocycles. The van der Waals surface area contributed by atoms with E-state index in [4.69, 9.17) is 4.43 Å².